The first-order valence-corrected chi connectivity index (χ1v) is 5.57. The number of nitriles is 1. The van der Waals surface area contributed by atoms with Crippen LogP contribution in [0.2, 0.25) is 0 Å². The Morgan fingerprint density at radius 1 is 1.58 bits per heavy atom. The highest BCUT2D eigenvalue weighted by molar-refractivity contribution is 5.95. The fraction of sp³-hybridized carbons (Fsp3) is 0.333. The summed E-state index contributed by atoms with van der Waals surface area (Å²) in [6, 6.07) is 5.96. The van der Waals surface area contributed by atoms with E-state index in [4.69, 9.17) is 10.00 Å². The molecule has 1 amide bonds. The topological polar surface area (TPSA) is 105 Å². The van der Waals surface area contributed by atoms with Gasteiger partial charge in [0, 0.05) is 24.6 Å². The molecule has 1 rings (SSSR count). The Labute approximate surface area is 109 Å². The molecule has 0 radical (unpaired) electrons. The number of nitro groups is 1. The summed E-state index contributed by atoms with van der Waals surface area (Å²) in [7, 11) is 1.32. The molecule has 0 heterocycles. The Balaban J connectivity index is 2.78. The van der Waals surface area contributed by atoms with Crippen LogP contribution >= 0.6 is 0 Å². The number of hydrogen-bond acceptors (Lipinski definition) is 5. The summed E-state index contributed by atoms with van der Waals surface area (Å²) < 4.78 is 4.85. The van der Waals surface area contributed by atoms with Crippen molar-refractivity contribution >= 4 is 11.6 Å². The van der Waals surface area contributed by atoms with Crippen LogP contribution in [0.4, 0.5) is 5.69 Å². The number of amides is 1. The average Bonchev–Trinajstić information content (AvgIpc) is 2.42. The van der Waals surface area contributed by atoms with Gasteiger partial charge in [-0.1, -0.05) is 0 Å². The third-order valence-electron chi connectivity index (χ3n) is 2.39. The van der Waals surface area contributed by atoms with E-state index < -0.39 is 10.8 Å². The van der Waals surface area contributed by atoms with Gasteiger partial charge in [-0.15, -0.1) is 0 Å². The highest BCUT2D eigenvalue weighted by Crippen LogP contribution is 2.27. The van der Waals surface area contributed by atoms with Crippen molar-refractivity contribution < 1.29 is 14.5 Å². The van der Waals surface area contributed by atoms with Crippen molar-refractivity contribution in [3.8, 4) is 11.8 Å². The summed E-state index contributed by atoms with van der Waals surface area (Å²) in [4.78, 5) is 21.9. The van der Waals surface area contributed by atoms with Gasteiger partial charge in [-0.2, -0.15) is 5.26 Å². The van der Waals surface area contributed by atoms with Crippen molar-refractivity contribution in [3.05, 3.63) is 33.9 Å². The predicted octanol–water partition coefficient (Wildman–Crippen LogP) is 1.64. The standard InChI is InChI=1S/C12H13N3O4/c1-19-11-5-4-9(8-10(11)15(17)18)12(16)14-7-3-2-6-13/h4-5,8H,2-3,7H2,1H3,(H,14,16). The zero-order chi connectivity index (χ0) is 14.3. The number of rotatable bonds is 6. The molecule has 7 nitrogen and oxygen atoms in total. The quantitative estimate of drug-likeness (QED) is 0.477. The Morgan fingerprint density at radius 3 is 2.89 bits per heavy atom. The minimum Gasteiger partial charge on any atom is -0.490 e. The fourth-order valence-electron chi connectivity index (χ4n) is 1.45. The van der Waals surface area contributed by atoms with E-state index >= 15 is 0 Å². The number of carbonyl (C=O) groups is 1. The van der Waals surface area contributed by atoms with Gasteiger partial charge in [-0.25, -0.2) is 0 Å². The van der Waals surface area contributed by atoms with Crippen molar-refractivity contribution in [1.82, 2.24) is 5.32 Å². The third-order valence-corrected chi connectivity index (χ3v) is 2.39. The predicted molar refractivity (Wildman–Crippen MR) is 66.8 cm³/mol. The Hall–Kier alpha value is -2.62. The summed E-state index contributed by atoms with van der Waals surface area (Å²) >= 11 is 0. The molecule has 0 saturated heterocycles. The molecule has 0 spiro atoms. The zero-order valence-corrected chi connectivity index (χ0v) is 10.4. The lowest BCUT2D eigenvalue weighted by atomic mass is 10.1. The van der Waals surface area contributed by atoms with Gasteiger partial charge in [-0.05, 0) is 18.6 Å². The second-order valence-corrected chi connectivity index (χ2v) is 3.66. The number of nitrogens with one attached hydrogen (secondary N) is 1. The zero-order valence-electron chi connectivity index (χ0n) is 10.4. The van der Waals surface area contributed by atoms with Crippen molar-refractivity contribution in [1.29, 1.82) is 5.26 Å². The maximum atomic E-state index is 11.7. The van der Waals surface area contributed by atoms with Crippen molar-refractivity contribution in [3.63, 3.8) is 0 Å². The van der Waals surface area contributed by atoms with Crippen LogP contribution in [0.1, 0.15) is 23.2 Å². The Kier molecular flexibility index (Phi) is 5.29. The number of hydrogen-bond donors (Lipinski definition) is 1. The average molecular weight is 263 g/mol. The van der Waals surface area contributed by atoms with E-state index in [1.165, 1.54) is 25.3 Å². The van der Waals surface area contributed by atoms with Gasteiger partial charge >= 0.3 is 5.69 Å². The van der Waals surface area contributed by atoms with E-state index in [2.05, 4.69) is 5.32 Å². The van der Waals surface area contributed by atoms with Crippen molar-refractivity contribution in [2.75, 3.05) is 13.7 Å². The molecule has 0 aliphatic heterocycles. The molecule has 19 heavy (non-hydrogen) atoms. The summed E-state index contributed by atoms with van der Waals surface area (Å²) in [5.41, 5.74) is -0.0726. The van der Waals surface area contributed by atoms with Gasteiger partial charge in [0.15, 0.2) is 5.75 Å². The molecule has 1 aromatic rings. The first kappa shape index (κ1) is 14.4. The van der Waals surface area contributed by atoms with Gasteiger partial charge < -0.3 is 10.1 Å². The van der Waals surface area contributed by atoms with Crippen LogP contribution in [0.3, 0.4) is 0 Å². The maximum Gasteiger partial charge on any atom is 0.311 e. The second-order valence-electron chi connectivity index (χ2n) is 3.66. The van der Waals surface area contributed by atoms with Crippen molar-refractivity contribution in [2.24, 2.45) is 0 Å². The molecule has 0 saturated carbocycles. The van der Waals surface area contributed by atoms with E-state index in [-0.39, 0.29) is 17.0 Å². The lowest BCUT2D eigenvalue weighted by molar-refractivity contribution is -0.385. The molecular formula is C12H13N3O4. The summed E-state index contributed by atoms with van der Waals surface area (Å²) in [5.74, 6) is -0.310. The normalized spacial score (nSPS) is 9.47. The number of methoxy groups -OCH3 is 1. The maximum absolute atomic E-state index is 11.7. The molecule has 7 heteroatoms. The van der Waals surface area contributed by atoms with E-state index in [0.717, 1.165) is 0 Å². The summed E-state index contributed by atoms with van der Waals surface area (Å²) in [5, 5.41) is 21.7. The monoisotopic (exact) mass is 263 g/mol. The van der Waals surface area contributed by atoms with Crippen LogP contribution in [0.5, 0.6) is 5.75 Å². The lowest BCUT2D eigenvalue weighted by Crippen LogP contribution is -2.24. The van der Waals surface area contributed by atoms with Gasteiger partial charge in [0.2, 0.25) is 0 Å². The van der Waals surface area contributed by atoms with Gasteiger partial charge in [-0.3, -0.25) is 14.9 Å². The van der Waals surface area contributed by atoms with Crippen LogP contribution in [0.15, 0.2) is 18.2 Å². The molecule has 0 atom stereocenters. The van der Waals surface area contributed by atoms with Crippen LogP contribution in [-0.4, -0.2) is 24.5 Å². The lowest BCUT2D eigenvalue weighted by Gasteiger charge is -2.06. The van der Waals surface area contributed by atoms with E-state index in [1.807, 2.05) is 6.07 Å². The molecular weight excluding hydrogens is 250 g/mol. The van der Waals surface area contributed by atoms with Gasteiger partial charge in [0.05, 0.1) is 18.1 Å². The molecule has 0 aliphatic carbocycles. The number of ether oxygens (including phenoxy) is 1. The summed E-state index contributed by atoms with van der Waals surface area (Å²) in [6.45, 7) is 0.353. The Morgan fingerprint density at radius 2 is 2.32 bits per heavy atom. The van der Waals surface area contributed by atoms with Crippen LogP contribution in [0, 0.1) is 21.4 Å². The molecule has 0 aliphatic rings. The third kappa shape index (κ3) is 3.96. The first-order chi connectivity index (χ1) is 9.10. The van der Waals surface area contributed by atoms with Crippen LogP contribution < -0.4 is 10.1 Å². The number of unbranched alkanes of at least 4 members (excludes halogenated alkanes) is 1. The molecule has 0 unspecified atom stereocenters. The fourth-order valence-corrected chi connectivity index (χ4v) is 1.45. The molecule has 1 aromatic carbocycles. The van der Waals surface area contributed by atoms with Gasteiger partial charge in [0.1, 0.15) is 0 Å². The minimum absolute atomic E-state index is 0.103. The Bertz CT molecular complexity index is 522. The van der Waals surface area contributed by atoms with Crippen LogP contribution in [-0.2, 0) is 0 Å². The molecule has 100 valence electrons. The highest BCUT2D eigenvalue weighted by Gasteiger charge is 2.17. The molecule has 0 fully saturated rings. The minimum atomic E-state index is -0.606. The van der Waals surface area contributed by atoms with E-state index in [0.29, 0.717) is 19.4 Å². The first-order valence-electron chi connectivity index (χ1n) is 5.57. The summed E-state index contributed by atoms with van der Waals surface area (Å²) in [6.07, 6.45) is 0.892. The smallest absolute Gasteiger partial charge is 0.311 e. The van der Waals surface area contributed by atoms with Crippen LogP contribution in [0.25, 0.3) is 0 Å². The molecule has 0 aromatic heterocycles. The number of benzene rings is 1. The number of carbonyl (C=O) groups excluding carboxylic acids is 1. The van der Waals surface area contributed by atoms with Gasteiger partial charge in [0.25, 0.3) is 5.91 Å². The second kappa shape index (κ2) is 6.96. The number of nitro benzene ring substituents is 1. The SMILES string of the molecule is COc1ccc(C(=O)NCCCC#N)cc1[N+](=O)[O-]. The van der Waals surface area contributed by atoms with E-state index in [9.17, 15) is 14.9 Å². The van der Waals surface area contributed by atoms with Crippen molar-refractivity contribution in [2.45, 2.75) is 12.8 Å². The molecule has 0 bridgehead atoms. The number of nitrogens with zero attached hydrogens (tertiary/aromatic N) is 2. The molecule has 1 N–H and O–H groups in total. The highest BCUT2D eigenvalue weighted by atomic mass is 16.6. The largest absolute Gasteiger partial charge is 0.490 e. The van der Waals surface area contributed by atoms with E-state index in [1.54, 1.807) is 0 Å².